The van der Waals surface area contributed by atoms with E-state index in [1.165, 1.54) is 27.5 Å². The van der Waals surface area contributed by atoms with Gasteiger partial charge in [-0.1, -0.05) is 67.9 Å². The molecule has 0 radical (unpaired) electrons. The lowest BCUT2D eigenvalue weighted by Gasteiger charge is -2.21. The van der Waals surface area contributed by atoms with Crippen molar-refractivity contribution in [1.29, 1.82) is 0 Å². The van der Waals surface area contributed by atoms with Crippen molar-refractivity contribution in [2.24, 2.45) is 0 Å². The van der Waals surface area contributed by atoms with Gasteiger partial charge in [-0.3, -0.25) is 0 Å². The van der Waals surface area contributed by atoms with Gasteiger partial charge in [0, 0.05) is 45.7 Å². The van der Waals surface area contributed by atoms with E-state index in [4.69, 9.17) is 4.74 Å². The van der Waals surface area contributed by atoms with Crippen molar-refractivity contribution in [2.45, 2.75) is 25.7 Å². The van der Waals surface area contributed by atoms with Gasteiger partial charge in [0.15, 0.2) is 0 Å². The van der Waals surface area contributed by atoms with Crippen LogP contribution in [0.25, 0.3) is 21.8 Å². The standard InChI is InChI=1S/C27H26N2O/c1-2-3-16-30-26-15-9-6-12-21(26)27(22-17-28-24-13-7-4-10-19(22)24)23-18-29-25-14-8-5-11-20(23)25/h4-15,17-18,27-29H,2-3,16H2,1H3. The Labute approximate surface area is 176 Å². The summed E-state index contributed by atoms with van der Waals surface area (Å²) >= 11 is 0. The Balaban J connectivity index is 1.72. The first-order valence-corrected chi connectivity index (χ1v) is 10.7. The fourth-order valence-electron chi connectivity index (χ4n) is 4.35. The van der Waals surface area contributed by atoms with Crippen molar-refractivity contribution >= 4 is 21.8 Å². The Morgan fingerprint density at radius 1 is 0.700 bits per heavy atom. The summed E-state index contributed by atoms with van der Waals surface area (Å²) in [5.74, 6) is 1.03. The molecular formula is C27H26N2O. The maximum absolute atomic E-state index is 6.26. The third kappa shape index (κ3) is 3.26. The molecule has 3 heteroatoms. The van der Waals surface area contributed by atoms with E-state index in [-0.39, 0.29) is 5.92 Å². The lowest BCUT2D eigenvalue weighted by Crippen LogP contribution is -2.07. The van der Waals surface area contributed by atoms with Gasteiger partial charge >= 0.3 is 0 Å². The van der Waals surface area contributed by atoms with Gasteiger partial charge < -0.3 is 14.7 Å². The number of ether oxygens (including phenoxy) is 1. The number of H-pyrrole nitrogens is 2. The van der Waals surface area contributed by atoms with E-state index < -0.39 is 0 Å². The van der Waals surface area contributed by atoms with E-state index in [9.17, 15) is 0 Å². The minimum Gasteiger partial charge on any atom is -0.493 e. The van der Waals surface area contributed by atoms with Crippen LogP contribution in [0.1, 0.15) is 42.4 Å². The largest absolute Gasteiger partial charge is 0.493 e. The van der Waals surface area contributed by atoms with Crippen molar-refractivity contribution in [3.63, 3.8) is 0 Å². The summed E-state index contributed by atoms with van der Waals surface area (Å²) in [5.41, 5.74) is 6.04. The number of rotatable bonds is 7. The van der Waals surface area contributed by atoms with Crippen LogP contribution in [0.3, 0.4) is 0 Å². The molecule has 0 bridgehead atoms. The van der Waals surface area contributed by atoms with Crippen LogP contribution >= 0.6 is 0 Å². The van der Waals surface area contributed by atoms with Crippen LogP contribution in [0.15, 0.2) is 85.2 Å². The number of para-hydroxylation sites is 3. The molecule has 0 atom stereocenters. The molecule has 0 saturated heterocycles. The third-order valence-corrected chi connectivity index (χ3v) is 5.85. The molecule has 0 fully saturated rings. The zero-order valence-corrected chi connectivity index (χ0v) is 17.2. The number of nitrogens with one attached hydrogen (secondary N) is 2. The Hall–Kier alpha value is -3.46. The van der Waals surface area contributed by atoms with E-state index in [1.54, 1.807) is 0 Å². The molecule has 3 nitrogen and oxygen atoms in total. The van der Waals surface area contributed by atoms with Gasteiger partial charge in [-0.05, 0) is 35.7 Å². The van der Waals surface area contributed by atoms with Gasteiger partial charge in [-0.25, -0.2) is 0 Å². The number of aromatic nitrogens is 2. The van der Waals surface area contributed by atoms with Crippen LogP contribution in [0, 0.1) is 0 Å². The van der Waals surface area contributed by atoms with Gasteiger partial charge in [0.2, 0.25) is 0 Å². The Morgan fingerprint density at radius 2 is 1.27 bits per heavy atom. The second kappa shape index (κ2) is 8.11. The minimum atomic E-state index is 0.0649. The highest BCUT2D eigenvalue weighted by Gasteiger charge is 2.25. The topological polar surface area (TPSA) is 40.8 Å². The fraction of sp³-hybridized carbons (Fsp3) is 0.185. The zero-order chi connectivity index (χ0) is 20.3. The second-order valence-corrected chi connectivity index (χ2v) is 7.75. The molecule has 0 spiro atoms. The quantitative estimate of drug-likeness (QED) is 0.286. The molecule has 0 amide bonds. The van der Waals surface area contributed by atoms with Gasteiger partial charge in [-0.15, -0.1) is 0 Å². The molecule has 0 aliphatic rings. The van der Waals surface area contributed by atoms with E-state index in [1.807, 2.05) is 0 Å². The van der Waals surface area contributed by atoms with Crippen LogP contribution in [0.4, 0.5) is 0 Å². The molecular weight excluding hydrogens is 368 g/mol. The van der Waals surface area contributed by atoms with E-state index in [0.717, 1.165) is 36.2 Å². The van der Waals surface area contributed by atoms with Crippen LogP contribution < -0.4 is 4.74 Å². The van der Waals surface area contributed by atoms with Gasteiger partial charge in [-0.2, -0.15) is 0 Å². The summed E-state index contributed by atoms with van der Waals surface area (Å²) in [6, 6.07) is 25.5. The Kier molecular flexibility index (Phi) is 5.02. The number of aromatic amines is 2. The van der Waals surface area contributed by atoms with E-state index >= 15 is 0 Å². The van der Waals surface area contributed by atoms with Crippen LogP contribution in [0.2, 0.25) is 0 Å². The SMILES string of the molecule is CCCCOc1ccccc1C(c1c[nH]c2ccccc12)c1c[nH]c2ccccc12. The average Bonchev–Trinajstić information content (AvgIpc) is 3.41. The zero-order valence-electron chi connectivity index (χ0n) is 17.2. The first-order chi connectivity index (χ1) is 14.9. The van der Waals surface area contributed by atoms with Crippen molar-refractivity contribution in [1.82, 2.24) is 9.97 Å². The van der Waals surface area contributed by atoms with Crippen LogP contribution in [-0.4, -0.2) is 16.6 Å². The van der Waals surface area contributed by atoms with E-state index in [2.05, 4.69) is 102 Å². The molecule has 5 aromatic rings. The Bertz CT molecular complexity index is 1210. The summed E-state index contributed by atoms with van der Waals surface area (Å²) in [6.07, 6.45) is 6.48. The molecule has 5 rings (SSSR count). The van der Waals surface area contributed by atoms with Crippen molar-refractivity contribution < 1.29 is 4.74 Å². The summed E-state index contributed by atoms with van der Waals surface area (Å²) in [4.78, 5) is 6.94. The summed E-state index contributed by atoms with van der Waals surface area (Å²) in [6.45, 7) is 2.93. The molecule has 0 aliphatic carbocycles. The molecule has 2 heterocycles. The molecule has 3 aromatic carbocycles. The number of fused-ring (bicyclic) bond motifs is 2. The third-order valence-electron chi connectivity index (χ3n) is 5.85. The summed E-state index contributed by atoms with van der Waals surface area (Å²) in [7, 11) is 0. The highest BCUT2D eigenvalue weighted by Crippen LogP contribution is 2.42. The predicted molar refractivity (Wildman–Crippen MR) is 124 cm³/mol. The second-order valence-electron chi connectivity index (χ2n) is 7.75. The normalized spacial score (nSPS) is 11.5. The fourth-order valence-corrected chi connectivity index (χ4v) is 4.35. The molecule has 150 valence electrons. The average molecular weight is 395 g/mol. The highest BCUT2D eigenvalue weighted by atomic mass is 16.5. The molecule has 2 aromatic heterocycles. The van der Waals surface area contributed by atoms with Crippen molar-refractivity contribution in [3.05, 3.63) is 102 Å². The lowest BCUT2D eigenvalue weighted by atomic mass is 9.84. The van der Waals surface area contributed by atoms with Crippen LogP contribution in [-0.2, 0) is 0 Å². The maximum atomic E-state index is 6.26. The number of hydrogen-bond acceptors (Lipinski definition) is 1. The summed E-state index contributed by atoms with van der Waals surface area (Å²) < 4.78 is 6.26. The van der Waals surface area contributed by atoms with Gasteiger partial charge in [0.1, 0.15) is 5.75 Å². The first kappa shape index (κ1) is 18.6. The minimum absolute atomic E-state index is 0.0649. The smallest absolute Gasteiger partial charge is 0.123 e. The molecule has 0 aliphatic heterocycles. The highest BCUT2D eigenvalue weighted by molar-refractivity contribution is 5.89. The first-order valence-electron chi connectivity index (χ1n) is 10.7. The lowest BCUT2D eigenvalue weighted by molar-refractivity contribution is 0.306. The number of hydrogen-bond donors (Lipinski definition) is 2. The molecule has 0 unspecified atom stereocenters. The Morgan fingerprint density at radius 3 is 1.90 bits per heavy atom. The summed E-state index contributed by atoms with van der Waals surface area (Å²) in [5, 5.41) is 2.49. The maximum Gasteiger partial charge on any atom is 0.123 e. The molecule has 0 saturated carbocycles. The molecule has 30 heavy (non-hydrogen) atoms. The van der Waals surface area contributed by atoms with Crippen LogP contribution in [0.5, 0.6) is 5.75 Å². The van der Waals surface area contributed by atoms with Crippen molar-refractivity contribution in [2.75, 3.05) is 6.61 Å². The molecule has 2 N–H and O–H groups in total. The monoisotopic (exact) mass is 394 g/mol. The van der Waals surface area contributed by atoms with Gasteiger partial charge in [0.25, 0.3) is 0 Å². The van der Waals surface area contributed by atoms with E-state index in [0.29, 0.717) is 0 Å². The van der Waals surface area contributed by atoms with Gasteiger partial charge in [0.05, 0.1) is 6.61 Å². The number of benzene rings is 3. The van der Waals surface area contributed by atoms with Crippen molar-refractivity contribution in [3.8, 4) is 5.75 Å². The predicted octanol–water partition coefficient (Wildman–Crippen LogP) is 7.01. The number of unbranched alkanes of at least 4 members (excludes halogenated alkanes) is 1.